The highest BCUT2D eigenvalue weighted by molar-refractivity contribution is 7.13. The minimum absolute atomic E-state index is 0.815. The summed E-state index contributed by atoms with van der Waals surface area (Å²) < 4.78 is 0. The monoisotopic (exact) mass is 294 g/mol. The summed E-state index contributed by atoms with van der Waals surface area (Å²) in [6, 6.07) is 12.5. The molecule has 3 heteroatoms. The summed E-state index contributed by atoms with van der Waals surface area (Å²) in [7, 11) is 0. The maximum atomic E-state index is 5.99. The molecule has 106 valence electrons. The topological polar surface area (TPSA) is 38.9 Å². The number of hydrogen-bond acceptors (Lipinski definition) is 3. The van der Waals surface area contributed by atoms with Crippen LogP contribution in [-0.2, 0) is 0 Å². The predicted octanol–water partition coefficient (Wildman–Crippen LogP) is 4.98. The first-order chi connectivity index (χ1) is 10.1. The van der Waals surface area contributed by atoms with Gasteiger partial charge in [0.05, 0.1) is 5.69 Å². The lowest BCUT2D eigenvalue weighted by Gasteiger charge is -2.05. The standard InChI is InChI=1S/C18H18N2S/c1-11-7-8-14(9-12(11)2)17-10-21-18(20-17)15-5-4-6-16(19)13(15)3/h4-10H,19H2,1-3H3. The Kier molecular flexibility index (Phi) is 3.52. The zero-order valence-corrected chi connectivity index (χ0v) is 13.3. The molecule has 0 atom stereocenters. The number of nitrogens with zero attached hydrogens (tertiary/aromatic N) is 1. The van der Waals surface area contributed by atoms with Crippen molar-refractivity contribution >= 4 is 17.0 Å². The number of aryl methyl sites for hydroxylation is 2. The van der Waals surface area contributed by atoms with Crippen molar-refractivity contribution in [2.45, 2.75) is 20.8 Å². The Hall–Kier alpha value is -2.13. The van der Waals surface area contributed by atoms with Gasteiger partial charge in [-0.1, -0.05) is 24.3 Å². The number of nitrogens with two attached hydrogens (primary N) is 1. The summed E-state index contributed by atoms with van der Waals surface area (Å²) in [5, 5.41) is 3.13. The van der Waals surface area contributed by atoms with E-state index in [4.69, 9.17) is 10.7 Å². The van der Waals surface area contributed by atoms with E-state index in [-0.39, 0.29) is 0 Å². The normalized spacial score (nSPS) is 10.8. The van der Waals surface area contributed by atoms with E-state index in [1.807, 2.05) is 19.1 Å². The van der Waals surface area contributed by atoms with Crippen molar-refractivity contribution in [1.29, 1.82) is 0 Å². The molecule has 2 nitrogen and oxygen atoms in total. The molecule has 0 amide bonds. The molecule has 0 radical (unpaired) electrons. The van der Waals surface area contributed by atoms with E-state index in [2.05, 4.69) is 43.5 Å². The molecule has 0 aliphatic rings. The minimum Gasteiger partial charge on any atom is -0.398 e. The molecule has 21 heavy (non-hydrogen) atoms. The largest absolute Gasteiger partial charge is 0.398 e. The zero-order valence-electron chi connectivity index (χ0n) is 12.5. The second-order valence-electron chi connectivity index (χ2n) is 5.36. The third-order valence-corrected chi connectivity index (χ3v) is 4.79. The highest BCUT2D eigenvalue weighted by Crippen LogP contribution is 2.32. The molecule has 1 aromatic heterocycles. The SMILES string of the molecule is Cc1ccc(-c2csc(-c3cccc(N)c3C)n2)cc1C. The Balaban J connectivity index is 2.03. The second-order valence-corrected chi connectivity index (χ2v) is 6.21. The van der Waals surface area contributed by atoms with Crippen molar-refractivity contribution < 1.29 is 0 Å². The lowest BCUT2D eigenvalue weighted by atomic mass is 10.0. The number of hydrogen-bond donors (Lipinski definition) is 1. The molecule has 0 spiro atoms. The van der Waals surface area contributed by atoms with E-state index in [9.17, 15) is 0 Å². The summed E-state index contributed by atoms with van der Waals surface area (Å²) in [6.45, 7) is 6.30. The summed E-state index contributed by atoms with van der Waals surface area (Å²) in [6.07, 6.45) is 0. The van der Waals surface area contributed by atoms with Crippen molar-refractivity contribution in [2.24, 2.45) is 0 Å². The van der Waals surface area contributed by atoms with Gasteiger partial charge in [-0.25, -0.2) is 4.98 Å². The predicted molar refractivity (Wildman–Crippen MR) is 91.6 cm³/mol. The molecule has 3 aromatic rings. The van der Waals surface area contributed by atoms with Crippen molar-refractivity contribution in [3.05, 3.63) is 58.5 Å². The summed E-state index contributed by atoms with van der Waals surface area (Å²) in [5.41, 5.74) is 13.8. The number of anilines is 1. The second kappa shape index (κ2) is 5.34. The van der Waals surface area contributed by atoms with Gasteiger partial charge in [0, 0.05) is 22.2 Å². The average Bonchev–Trinajstić information content (AvgIpc) is 2.94. The van der Waals surface area contributed by atoms with Crippen LogP contribution in [0.25, 0.3) is 21.8 Å². The summed E-state index contributed by atoms with van der Waals surface area (Å²) >= 11 is 1.66. The van der Waals surface area contributed by atoms with Crippen LogP contribution in [0.1, 0.15) is 16.7 Å². The average molecular weight is 294 g/mol. The fourth-order valence-electron chi connectivity index (χ4n) is 2.32. The van der Waals surface area contributed by atoms with Gasteiger partial charge in [-0.3, -0.25) is 0 Å². The van der Waals surface area contributed by atoms with Crippen molar-refractivity contribution in [2.75, 3.05) is 5.73 Å². The lowest BCUT2D eigenvalue weighted by molar-refractivity contribution is 1.32. The van der Waals surface area contributed by atoms with Gasteiger partial charge in [-0.2, -0.15) is 0 Å². The maximum Gasteiger partial charge on any atom is 0.124 e. The fourth-order valence-corrected chi connectivity index (χ4v) is 3.23. The molecule has 0 aliphatic carbocycles. The molecule has 0 aliphatic heterocycles. The molecule has 2 aromatic carbocycles. The Labute approximate surface area is 129 Å². The highest BCUT2D eigenvalue weighted by atomic mass is 32.1. The molecular formula is C18H18N2S. The van der Waals surface area contributed by atoms with Crippen molar-refractivity contribution in [3.8, 4) is 21.8 Å². The van der Waals surface area contributed by atoms with Crippen LogP contribution in [0.5, 0.6) is 0 Å². The molecule has 1 heterocycles. The van der Waals surface area contributed by atoms with E-state index in [1.54, 1.807) is 11.3 Å². The molecular weight excluding hydrogens is 276 g/mol. The van der Waals surface area contributed by atoms with Crippen LogP contribution < -0.4 is 5.73 Å². The summed E-state index contributed by atoms with van der Waals surface area (Å²) in [5.74, 6) is 0. The van der Waals surface area contributed by atoms with Crippen LogP contribution in [0.3, 0.4) is 0 Å². The quantitative estimate of drug-likeness (QED) is 0.677. The smallest absolute Gasteiger partial charge is 0.124 e. The van der Waals surface area contributed by atoms with Crippen LogP contribution >= 0.6 is 11.3 Å². The van der Waals surface area contributed by atoms with E-state index >= 15 is 0 Å². The van der Waals surface area contributed by atoms with Crippen LogP contribution in [0, 0.1) is 20.8 Å². The Morgan fingerprint density at radius 1 is 1.00 bits per heavy atom. The van der Waals surface area contributed by atoms with Gasteiger partial charge in [-0.05, 0) is 49.6 Å². The van der Waals surface area contributed by atoms with E-state index in [0.29, 0.717) is 0 Å². The number of nitrogen functional groups attached to an aromatic ring is 1. The fraction of sp³-hybridized carbons (Fsp3) is 0.167. The van der Waals surface area contributed by atoms with Crippen LogP contribution in [-0.4, -0.2) is 4.98 Å². The highest BCUT2D eigenvalue weighted by Gasteiger charge is 2.10. The Bertz CT molecular complexity index is 803. The first-order valence-corrected chi connectivity index (χ1v) is 7.83. The van der Waals surface area contributed by atoms with Crippen molar-refractivity contribution in [1.82, 2.24) is 4.98 Å². The molecule has 0 saturated heterocycles. The van der Waals surface area contributed by atoms with Gasteiger partial charge in [0.15, 0.2) is 0 Å². The number of rotatable bonds is 2. The molecule has 2 N–H and O–H groups in total. The van der Waals surface area contributed by atoms with Gasteiger partial charge in [-0.15, -0.1) is 11.3 Å². The van der Waals surface area contributed by atoms with Crippen LogP contribution in [0.4, 0.5) is 5.69 Å². The third kappa shape index (κ3) is 2.57. The van der Waals surface area contributed by atoms with Crippen LogP contribution in [0.15, 0.2) is 41.8 Å². The first-order valence-electron chi connectivity index (χ1n) is 6.95. The van der Waals surface area contributed by atoms with Gasteiger partial charge >= 0.3 is 0 Å². The lowest BCUT2D eigenvalue weighted by Crippen LogP contribution is -1.91. The molecule has 0 bridgehead atoms. The van der Waals surface area contributed by atoms with Gasteiger partial charge < -0.3 is 5.73 Å². The van der Waals surface area contributed by atoms with Gasteiger partial charge in [0.2, 0.25) is 0 Å². The third-order valence-electron chi connectivity index (χ3n) is 3.91. The molecule has 0 fully saturated rings. The van der Waals surface area contributed by atoms with E-state index in [1.165, 1.54) is 16.7 Å². The summed E-state index contributed by atoms with van der Waals surface area (Å²) in [4.78, 5) is 4.79. The number of aromatic nitrogens is 1. The first kappa shape index (κ1) is 13.8. The van der Waals surface area contributed by atoms with Crippen molar-refractivity contribution in [3.63, 3.8) is 0 Å². The van der Waals surface area contributed by atoms with Crippen LogP contribution in [0.2, 0.25) is 0 Å². The zero-order chi connectivity index (χ0) is 15.0. The Morgan fingerprint density at radius 3 is 2.57 bits per heavy atom. The van der Waals surface area contributed by atoms with E-state index < -0.39 is 0 Å². The molecule has 3 rings (SSSR count). The Morgan fingerprint density at radius 2 is 1.81 bits per heavy atom. The maximum absolute atomic E-state index is 5.99. The van der Waals surface area contributed by atoms with E-state index in [0.717, 1.165) is 27.5 Å². The minimum atomic E-state index is 0.815. The van der Waals surface area contributed by atoms with Gasteiger partial charge in [0.25, 0.3) is 0 Å². The molecule has 0 unspecified atom stereocenters. The van der Waals surface area contributed by atoms with Gasteiger partial charge in [0.1, 0.15) is 5.01 Å². The number of benzene rings is 2. The molecule has 0 saturated carbocycles. The number of thiazole rings is 1.